The van der Waals surface area contributed by atoms with Crippen LogP contribution in [-0.4, -0.2) is 95.4 Å². The van der Waals surface area contributed by atoms with Crippen molar-refractivity contribution in [1.82, 2.24) is 10.2 Å². The fourth-order valence-electron chi connectivity index (χ4n) is 4.77. The molecule has 1 N–H and O–H groups in total. The maximum Gasteiger partial charge on any atom is 0.407 e. The maximum atomic E-state index is 12.5. The number of rotatable bonds is 17. The lowest BCUT2D eigenvalue weighted by molar-refractivity contribution is -0.121. The molecule has 0 spiro atoms. The van der Waals surface area contributed by atoms with Gasteiger partial charge in [-0.2, -0.15) is 0 Å². The van der Waals surface area contributed by atoms with Crippen molar-refractivity contribution in [2.45, 2.75) is 38.8 Å². The van der Waals surface area contributed by atoms with Gasteiger partial charge in [0.2, 0.25) is 0 Å². The number of likely N-dealkylation sites (N-methyl/N-ethyl adjacent to an activating group) is 2. The Morgan fingerprint density at radius 3 is 2.47 bits per heavy atom. The van der Waals surface area contributed by atoms with Crippen LogP contribution in [0.25, 0.3) is 15.8 Å². The van der Waals surface area contributed by atoms with Crippen molar-refractivity contribution in [2.24, 2.45) is 0 Å². The maximum absolute atomic E-state index is 12.5. The van der Waals surface area contributed by atoms with Crippen LogP contribution in [0.5, 0.6) is 0 Å². The van der Waals surface area contributed by atoms with Gasteiger partial charge in [0, 0.05) is 47.8 Å². The normalized spacial score (nSPS) is 16.2. The number of thioether (sulfide) groups is 1. The molecule has 2 amide bonds. The molecule has 14 heteroatoms. The number of thiocarbonyl (C=S) groups is 1. The van der Waals surface area contributed by atoms with Crippen molar-refractivity contribution < 1.29 is 23.8 Å². The number of hydrogen-bond acceptors (Lipinski definition) is 10. The number of fused-ring (bicyclic) bond motifs is 3. The van der Waals surface area contributed by atoms with E-state index < -0.39 is 14.2 Å². The van der Waals surface area contributed by atoms with Crippen molar-refractivity contribution in [3.8, 4) is 9.75 Å². The van der Waals surface area contributed by atoms with Crippen LogP contribution in [-0.2, 0) is 19.0 Å². The van der Waals surface area contributed by atoms with Crippen LogP contribution < -0.4 is 20.6 Å². The summed E-state index contributed by atoms with van der Waals surface area (Å²) < 4.78 is 17.0. The summed E-state index contributed by atoms with van der Waals surface area (Å²) in [6.45, 7) is 8.25. The van der Waals surface area contributed by atoms with Gasteiger partial charge in [0.1, 0.15) is 19.0 Å². The van der Waals surface area contributed by atoms with Gasteiger partial charge < -0.3 is 24.4 Å². The standard InChI is InChI=1S/C29H40ClN3O5S4Si/c1-32(11-14-38-28(35)31-10-13-37-16-15-36-12-8-6-5-7-9-30)24-19-23-26(42-24)25-22(43(23,3)4)18-20(40-25)17-21-27(34)33(2)29(39)41-21/h17-19H,5-16H2,1-4H3,(H,31,35)/b21-17+. The molecule has 8 nitrogen and oxygen atoms in total. The number of unbranched alkanes of at least 4 members (excludes halogenated alkanes) is 3. The van der Waals surface area contributed by atoms with Gasteiger partial charge in [-0.1, -0.05) is 49.9 Å². The number of thiophene rings is 2. The van der Waals surface area contributed by atoms with E-state index in [1.807, 2.05) is 13.1 Å². The molecule has 4 rings (SSSR count). The molecule has 2 aromatic rings. The number of ether oxygens (including phenoxy) is 3. The number of alkyl carbamates (subject to hydrolysis) is 1. The second kappa shape index (κ2) is 16.2. The number of carbonyl (C=O) groups is 2. The highest BCUT2D eigenvalue weighted by Gasteiger charge is 2.41. The van der Waals surface area contributed by atoms with E-state index in [1.165, 1.54) is 36.8 Å². The molecule has 2 aliphatic rings. The molecule has 2 aromatic heterocycles. The Bertz CT molecular complexity index is 1330. The Hall–Kier alpha value is -1.45. The summed E-state index contributed by atoms with van der Waals surface area (Å²) in [6, 6.07) is 4.58. The summed E-state index contributed by atoms with van der Waals surface area (Å²) in [5.41, 5.74) is 0. The van der Waals surface area contributed by atoms with Gasteiger partial charge in [-0.05, 0) is 41.4 Å². The molecule has 0 unspecified atom stereocenters. The zero-order chi connectivity index (χ0) is 31.0. The molecule has 1 fully saturated rings. The van der Waals surface area contributed by atoms with E-state index in [-0.39, 0.29) is 12.5 Å². The van der Waals surface area contributed by atoms with Gasteiger partial charge in [0.15, 0.2) is 0 Å². The minimum absolute atomic E-state index is 0.0358. The summed E-state index contributed by atoms with van der Waals surface area (Å²) in [4.78, 5) is 32.7. The molecule has 2 aliphatic heterocycles. The fraction of sp³-hybridized carbons (Fsp3) is 0.552. The van der Waals surface area contributed by atoms with E-state index >= 15 is 0 Å². The first-order valence-corrected chi connectivity index (χ1v) is 20.9. The van der Waals surface area contributed by atoms with E-state index in [9.17, 15) is 9.59 Å². The van der Waals surface area contributed by atoms with Gasteiger partial charge in [0.25, 0.3) is 5.91 Å². The van der Waals surface area contributed by atoms with Gasteiger partial charge in [-0.3, -0.25) is 9.69 Å². The molecule has 4 heterocycles. The molecule has 1 saturated heterocycles. The smallest absolute Gasteiger partial charge is 0.407 e. The molecule has 0 atom stereocenters. The number of nitrogens with zero attached hydrogens (tertiary/aromatic N) is 2. The molecule has 0 aliphatic carbocycles. The number of alkyl halides is 1. The minimum Gasteiger partial charge on any atom is -0.448 e. The Balaban J connectivity index is 1.17. The second-order valence-electron chi connectivity index (χ2n) is 10.9. The third-order valence-corrected chi connectivity index (χ3v) is 15.5. The highest BCUT2D eigenvalue weighted by molar-refractivity contribution is 8.26. The van der Waals surface area contributed by atoms with Crippen LogP contribution in [0.4, 0.5) is 9.80 Å². The van der Waals surface area contributed by atoms with E-state index in [0.717, 1.165) is 48.0 Å². The second-order valence-corrected chi connectivity index (χ2v) is 19.4. The third kappa shape index (κ3) is 8.84. The van der Waals surface area contributed by atoms with Crippen molar-refractivity contribution in [2.75, 3.05) is 71.0 Å². The Labute approximate surface area is 278 Å². The zero-order valence-electron chi connectivity index (χ0n) is 25.2. The van der Waals surface area contributed by atoms with Crippen molar-refractivity contribution in [1.29, 1.82) is 0 Å². The summed E-state index contributed by atoms with van der Waals surface area (Å²) in [7, 11) is 1.89. The molecular weight excluding hydrogens is 662 g/mol. The monoisotopic (exact) mass is 701 g/mol. The third-order valence-electron chi connectivity index (χ3n) is 7.38. The lowest BCUT2D eigenvalue weighted by Crippen LogP contribution is -2.48. The van der Waals surface area contributed by atoms with Crippen molar-refractivity contribution in [3.05, 3.63) is 21.9 Å². The van der Waals surface area contributed by atoms with Crippen molar-refractivity contribution in [3.63, 3.8) is 0 Å². The number of hydrogen-bond donors (Lipinski definition) is 1. The van der Waals surface area contributed by atoms with Crippen LogP contribution in [0.15, 0.2) is 17.0 Å². The fourth-order valence-corrected chi connectivity index (χ4v) is 13.3. The van der Waals surface area contributed by atoms with Gasteiger partial charge in [-0.25, -0.2) is 4.79 Å². The first kappa shape index (κ1) is 34.4. The summed E-state index contributed by atoms with van der Waals surface area (Å²) in [5.74, 6) is 0.689. The lowest BCUT2D eigenvalue weighted by Gasteiger charge is -2.19. The van der Waals surface area contributed by atoms with E-state index in [0.29, 0.717) is 42.1 Å². The van der Waals surface area contributed by atoms with Crippen LogP contribution >= 0.6 is 58.3 Å². The molecule has 43 heavy (non-hydrogen) atoms. The van der Waals surface area contributed by atoms with E-state index in [4.69, 9.17) is 38.0 Å². The van der Waals surface area contributed by atoms with Crippen LogP contribution in [0.2, 0.25) is 13.1 Å². The quantitative estimate of drug-likeness (QED) is 0.0769. The van der Waals surface area contributed by atoms with Crippen molar-refractivity contribution >= 4 is 104 Å². The zero-order valence-corrected chi connectivity index (χ0v) is 30.2. The summed E-state index contributed by atoms with van der Waals surface area (Å²) in [6.07, 6.45) is 5.92. The van der Waals surface area contributed by atoms with E-state index in [2.05, 4.69) is 35.4 Å². The number of amides is 2. The highest BCUT2D eigenvalue weighted by Crippen LogP contribution is 2.43. The largest absolute Gasteiger partial charge is 0.448 e. The van der Waals surface area contributed by atoms with E-state index in [1.54, 1.807) is 29.7 Å². The Morgan fingerprint density at radius 2 is 1.74 bits per heavy atom. The number of carbonyl (C=O) groups excluding carboxylic acids is 2. The van der Waals surface area contributed by atoms with Gasteiger partial charge in [0.05, 0.1) is 36.3 Å². The molecule has 0 bridgehead atoms. The predicted molar refractivity (Wildman–Crippen MR) is 189 cm³/mol. The first-order valence-electron chi connectivity index (χ1n) is 14.5. The minimum atomic E-state index is -1.85. The van der Waals surface area contributed by atoms with Gasteiger partial charge >= 0.3 is 6.09 Å². The van der Waals surface area contributed by atoms with Crippen LogP contribution in [0.1, 0.15) is 30.6 Å². The SMILES string of the molecule is CN1C(=O)/C(=C\c2cc3c(s2)-c2sc(N(C)CCOC(=O)NCCOCCOCCCCCCCl)cc2[Si]3(C)C)SC1=S. The topological polar surface area (TPSA) is 80.3 Å². The molecule has 236 valence electrons. The lowest BCUT2D eigenvalue weighted by atomic mass is 10.2. The Kier molecular flexibility index (Phi) is 13.0. The van der Waals surface area contributed by atoms with Gasteiger partial charge in [-0.15, -0.1) is 34.3 Å². The average Bonchev–Trinajstić information content (AvgIpc) is 3.70. The molecule has 0 radical (unpaired) electrons. The number of anilines is 1. The Morgan fingerprint density at radius 1 is 1.05 bits per heavy atom. The summed E-state index contributed by atoms with van der Waals surface area (Å²) >= 11 is 15.8. The average molecular weight is 702 g/mol. The predicted octanol–water partition coefficient (Wildman–Crippen LogP) is 5.44. The number of halogens is 1. The van der Waals surface area contributed by atoms with Crippen LogP contribution in [0.3, 0.4) is 0 Å². The molecule has 0 saturated carbocycles. The number of nitrogens with one attached hydrogen (secondary N) is 1. The highest BCUT2D eigenvalue weighted by atomic mass is 35.5. The summed E-state index contributed by atoms with van der Waals surface area (Å²) in [5, 5.41) is 6.76. The molecular formula is C29H40ClN3O5S4Si. The first-order chi connectivity index (χ1) is 20.6. The molecule has 0 aromatic carbocycles. The van der Waals surface area contributed by atoms with Crippen LogP contribution in [0, 0.1) is 0 Å².